The predicted molar refractivity (Wildman–Crippen MR) is 163 cm³/mol. The molecule has 3 atom stereocenters. The van der Waals surface area contributed by atoms with Crippen LogP contribution >= 0.6 is 0 Å². The third kappa shape index (κ3) is 4.82. The van der Waals surface area contributed by atoms with Crippen molar-refractivity contribution in [3.8, 4) is 0 Å². The van der Waals surface area contributed by atoms with Crippen LogP contribution in [0.2, 0.25) is 0 Å². The van der Waals surface area contributed by atoms with Gasteiger partial charge in [0.05, 0.1) is 7.11 Å². The molecular formula is C33H30MgN4O5-2. The fourth-order valence-corrected chi connectivity index (χ4v) is 6.37. The van der Waals surface area contributed by atoms with E-state index >= 15 is 0 Å². The van der Waals surface area contributed by atoms with Crippen LogP contribution in [0, 0.1) is 38.5 Å². The number of hydrogen-bond donors (Lipinski definition) is 1. The van der Waals surface area contributed by atoms with Crippen molar-refractivity contribution < 1.29 is 24.2 Å². The van der Waals surface area contributed by atoms with E-state index in [1.807, 2.05) is 45.1 Å². The van der Waals surface area contributed by atoms with Gasteiger partial charge < -0.3 is 30.1 Å². The molecule has 3 aromatic rings. The van der Waals surface area contributed by atoms with E-state index in [-0.39, 0.29) is 47.3 Å². The molecule has 1 saturated heterocycles. The van der Waals surface area contributed by atoms with E-state index in [4.69, 9.17) is 25.0 Å². The molecule has 0 unspecified atom stereocenters. The van der Waals surface area contributed by atoms with Gasteiger partial charge in [-0.2, -0.15) is 11.4 Å². The van der Waals surface area contributed by atoms with Gasteiger partial charge in [0.2, 0.25) is 0 Å². The molecule has 216 valence electrons. The number of methoxy groups -OCH3 is 1. The van der Waals surface area contributed by atoms with E-state index in [2.05, 4.69) is 6.58 Å². The van der Waals surface area contributed by atoms with Gasteiger partial charge in [-0.05, 0) is 44.6 Å². The fourth-order valence-electron chi connectivity index (χ4n) is 6.37. The molecule has 1 aliphatic carbocycles. The summed E-state index contributed by atoms with van der Waals surface area (Å²) in [6, 6.07) is 1.94. The number of hydrogen-bond acceptors (Lipinski definition) is 4. The quantitative estimate of drug-likeness (QED) is 0.274. The topological polar surface area (TPSA) is 137 Å². The standard InChI is InChI=1S/C33H32N4O5.Mg/c1-7-19-15(3)23-13-24-16(4)20(8-9-26(38)42-6)30(36-24)28-29(33(40)41)32(39)27-17(5)22(37-31(27)28)11-18-10-14(2)21(34-18)12-25(19)35-23;/h7,10-13,16,20,29H,1,8-9H2,2-6H3,(H3,36,37,39,40,41);/q-2;+2/p-2/b18-11-,21-12-,24-13-;/t16-,20-,29+;/m0./s1. The van der Waals surface area contributed by atoms with E-state index in [0.29, 0.717) is 56.9 Å². The fraction of sp³-hybridized carbons (Fsp3) is 0.303. The number of ether oxygens (including phenoxy) is 1. The van der Waals surface area contributed by atoms with Gasteiger partial charge in [0.1, 0.15) is 5.92 Å². The number of carbonyl (C=O) groups excluding carboxylic acids is 2. The van der Waals surface area contributed by atoms with Crippen molar-refractivity contribution in [2.75, 3.05) is 7.11 Å². The molecule has 0 amide bonds. The average Bonchev–Trinajstić information content (AvgIpc) is 3.69. The first kappa shape index (κ1) is 30.4. The summed E-state index contributed by atoms with van der Waals surface area (Å²) in [5.74, 6) is -4.10. The smallest absolute Gasteiger partial charge is 0.664 e. The predicted octanol–water partition coefficient (Wildman–Crippen LogP) is 2.96. The van der Waals surface area contributed by atoms with Crippen molar-refractivity contribution in [2.45, 2.75) is 40.5 Å². The maximum absolute atomic E-state index is 13.7. The van der Waals surface area contributed by atoms with Gasteiger partial charge in [-0.3, -0.25) is 14.4 Å². The number of esters is 1. The summed E-state index contributed by atoms with van der Waals surface area (Å²) in [5, 5.41) is 16.7. The van der Waals surface area contributed by atoms with Crippen molar-refractivity contribution in [1.82, 2.24) is 15.0 Å². The van der Waals surface area contributed by atoms with Gasteiger partial charge >= 0.3 is 35.0 Å². The number of Topliss-reactive ketones (excluding diaryl/α,β-unsaturated/α-hetero) is 1. The summed E-state index contributed by atoms with van der Waals surface area (Å²) in [6.45, 7) is 11.7. The van der Waals surface area contributed by atoms with Gasteiger partial charge in [-0.25, -0.2) is 0 Å². The number of fused-ring (bicyclic) bond motifs is 7. The summed E-state index contributed by atoms with van der Waals surface area (Å²) in [5.41, 5.74) is 7.48. The Morgan fingerprint density at radius 1 is 1.05 bits per heavy atom. The molecular weight excluding hydrogens is 557 g/mol. The molecule has 1 fully saturated rings. The molecule has 8 bridgehead atoms. The second-order valence-electron chi connectivity index (χ2n) is 11.1. The first-order valence-electron chi connectivity index (χ1n) is 13.9. The average molecular weight is 587 g/mol. The second kappa shape index (κ2) is 11.2. The maximum atomic E-state index is 13.7. The Balaban J connectivity index is 0.00000368. The number of nitrogens with zero attached hydrogens (tertiary/aromatic N) is 4. The van der Waals surface area contributed by atoms with Gasteiger partial charge in [-0.15, -0.1) is 33.5 Å². The Kier molecular flexibility index (Phi) is 7.95. The molecule has 5 heterocycles. The summed E-state index contributed by atoms with van der Waals surface area (Å²) in [4.78, 5) is 53.0. The van der Waals surface area contributed by atoms with Crippen molar-refractivity contribution in [1.29, 1.82) is 0 Å². The number of aryl methyl sites for hydroxylation is 1. The Bertz CT molecular complexity index is 1900. The Morgan fingerprint density at radius 3 is 2.44 bits per heavy atom. The van der Waals surface area contributed by atoms with Crippen LogP contribution in [0.3, 0.4) is 0 Å². The number of carboxylic acid groups (broad SMARTS) is 1. The molecule has 10 heteroatoms. The van der Waals surface area contributed by atoms with Gasteiger partial charge in [0.15, 0.2) is 5.78 Å². The number of carbonyl (C=O) groups is 3. The maximum Gasteiger partial charge on any atom is 2.00 e. The minimum atomic E-state index is -1.43. The monoisotopic (exact) mass is 586 g/mol. The van der Waals surface area contributed by atoms with Crippen LogP contribution in [0.25, 0.3) is 35.2 Å². The largest absolute Gasteiger partial charge is 2.00 e. The summed E-state index contributed by atoms with van der Waals surface area (Å²) < 4.78 is 4.90. The van der Waals surface area contributed by atoms with Crippen LogP contribution in [0.5, 0.6) is 0 Å². The molecule has 0 aromatic carbocycles. The summed E-state index contributed by atoms with van der Waals surface area (Å²) >= 11 is 0. The van der Waals surface area contributed by atoms with Gasteiger partial charge in [0.25, 0.3) is 0 Å². The number of carboxylic acids is 1. The summed E-state index contributed by atoms with van der Waals surface area (Å²) in [7, 11) is 1.33. The van der Waals surface area contributed by atoms with Gasteiger partial charge in [0, 0.05) is 12.0 Å². The number of rotatable bonds is 5. The molecule has 2 aliphatic heterocycles. The van der Waals surface area contributed by atoms with Crippen LogP contribution in [-0.2, 0) is 14.3 Å². The van der Waals surface area contributed by atoms with Crippen molar-refractivity contribution in [3.05, 3.63) is 90.6 Å². The zero-order valence-electron chi connectivity index (χ0n) is 24.8. The third-order valence-corrected chi connectivity index (χ3v) is 8.73. The van der Waals surface area contributed by atoms with Crippen LogP contribution in [0.15, 0.2) is 24.0 Å². The van der Waals surface area contributed by atoms with Crippen LogP contribution in [-0.4, -0.2) is 53.0 Å². The molecule has 9 nitrogen and oxygen atoms in total. The molecule has 3 aromatic heterocycles. The van der Waals surface area contributed by atoms with E-state index in [1.54, 1.807) is 13.0 Å². The SMILES string of the molecule is C=Cc1c2[n-]c(c1C)/C=C1\[N-]/C(=C3\c4[n-]c(c(C)c4C(=O)[C@@H]3C(=O)O)/C=c3/cc(C)/c([n-]3)=C/2)[C@@H](CCC(=O)OC)[C@@H]1C.[Mg+2]. The van der Waals surface area contributed by atoms with Crippen LogP contribution in [0.4, 0.5) is 0 Å². The number of aliphatic carboxylic acids is 1. The van der Waals surface area contributed by atoms with E-state index in [1.165, 1.54) is 7.11 Å². The second-order valence-corrected chi connectivity index (χ2v) is 11.1. The Morgan fingerprint density at radius 2 is 1.77 bits per heavy atom. The molecule has 0 saturated carbocycles. The normalized spacial score (nSPS) is 24.5. The summed E-state index contributed by atoms with van der Waals surface area (Å²) in [6.07, 6.45) is 7.92. The Labute approximate surface area is 265 Å². The van der Waals surface area contributed by atoms with Crippen molar-refractivity contribution in [2.24, 2.45) is 17.8 Å². The molecule has 0 spiro atoms. The minimum absolute atomic E-state index is 0. The van der Waals surface area contributed by atoms with Crippen molar-refractivity contribution >= 4 is 70.7 Å². The number of aromatic nitrogens is 3. The first-order valence-corrected chi connectivity index (χ1v) is 13.9. The molecule has 0 radical (unpaired) electrons. The zero-order chi connectivity index (χ0) is 30.0. The minimum Gasteiger partial charge on any atom is -0.664 e. The zero-order valence-corrected chi connectivity index (χ0v) is 26.2. The number of ketones is 1. The van der Waals surface area contributed by atoms with E-state index < -0.39 is 17.7 Å². The molecule has 43 heavy (non-hydrogen) atoms. The first-order chi connectivity index (χ1) is 20.0. The third-order valence-electron chi connectivity index (χ3n) is 8.73. The van der Waals surface area contributed by atoms with Gasteiger partial charge in [-0.1, -0.05) is 66.1 Å². The molecule has 3 aliphatic rings. The van der Waals surface area contributed by atoms with E-state index in [9.17, 15) is 19.5 Å². The van der Waals surface area contributed by atoms with Crippen LogP contribution in [0.1, 0.15) is 75.2 Å². The van der Waals surface area contributed by atoms with Crippen molar-refractivity contribution in [3.63, 3.8) is 0 Å². The Hall–Kier alpha value is -4.02. The van der Waals surface area contributed by atoms with Crippen LogP contribution < -0.4 is 25.7 Å². The molecule has 1 N–H and O–H groups in total. The molecule has 6 rings (SSSR count). The van der Waals surface area contributed by atoms with E-state index in [0.717, 1.165) is 27.7 Å². The number of allylic oxidation sites excluding steroid dienone is 2.